The van der Waals surface area contributed by atoms with Gasteiger partial charge < -0.3 is 4.74 Å². The van der Waals surface area contributed by atoms with Crippen LogP contribution in [-0.4, -0.2) is 22.4 Å². The molecule has 0 saturated heterocycles. The Balaban J connectivity index is 1.60. The van der Waals surface area contributed by atoms with Crippen molar-refractivity contribution in [3.05, 3.63) is 68.0 Å². The van der Waals surface area contributed by atoms with E-state index in [0.717, 1.165) is 20.6 Å². The van der Waals surface area contributed by atoms with Crippen LogP contribution < -0.4 is 10.1 Å². The molecular weight excluding hydrogens is 434 g/mol. The third-order valence-electron chi connectivity index (χ3n) is 3.58. The number of amides is 1. The molecular formula is C18H14BrN3O4S. The molecule has 3 aromatic rings. The second-order valence-corrected chi connectivity index (χ2v) is 7.64. The lowest BCUT2D eigenvalue weighted by Gasteiger charge is -2.05. The minimum atomic E-state index is -0.496. The van der Waals surface area contributed by atoms with Gasteiger partial charge in [0.05, 0.1) is 10.6 Å². The van der Waals surface area contributed by atoms with Gasteiger partial charge in [-0.1, -0.05) is 28.1 Å². The van der Waals surface area contributed by atoms with Crippen LogP contribution in [0.5, 0.6) is 5.75 Å². The number of anilines is 1. The fourth-order valence-electron chi connectivity index (χ4n) is 2.29. The number of aromatic nitrogens is 1. The third kappa shape index (κ3) is 4.89. The first-order valence-electron chi connectivity index (χ1n) is 7.83. The molecule has 2 aromatic carbocycles. The highest BCUT2D eigenvalue weighted by atomic mass is 79.9. The summed E-state index contributed by atoms with van der Waals surface area (Å²) in [7, 11) is 0. The number of carbonyl (C=O) groups excluding carboxylic acids is 1. The Kier molecular flexibility index (Phi) is 5.82. The van der Waals surface area contributed by atoms with Gasteiger partial charge in [-0.2, -0.15) is 0 Å². The number of halogens is 1. The van der Waals surface area contributed by atoms with Crippen LogP contribution in [-0.2, 0) is 4.79 Å². The van der Waals surface area contributed by atoms with Crippen molar-refractivity contribution in [1.29, 1.82) is 0 Å². The van der Waals surface area contributed by atoms with Crippen LogP contribution in [0.3, 0.4) is 0 Å². The summed E-state index contributed by atoms with van der Waals surface area (Å²) in [5, 5.41) is 13.8. The van der Waals surface area contributed by atoms with E-state index in [1.165, 1.54) is 35.6 Å². The molecule has 1 N–H and O–H groups in total. The maximum absolute atomic E-state index is 12.1. The number of nitro groups is 1. The van der Waals surface area contributed by atoms with Crippen molar-refractivity contribution < 1.29 is 14.5 Å². The average Bonchev–Trinajstić information content (AvgIpc) is 3.01. The Bertz CT molecular complexity index is 971. The van der Waals surface area contributed by atoms with Crippen molar-refractivity contribution in [2.24, 2.45) is 0 Å². The zero-order chi connectivity index (χ0) is 19.4. The Morgan fingerprint density at radius 3 is 2.52 bits per heavy atom. The van der Waals surface area contributed by atoms with Gasteiger partial charge in [0.25, 0.3) is 11.6 Å². The lowest BCUT2D eigenvalue weighted by Crippen LogP contribution is -2.20. The Morgan fingerprint density at radius 1 is 1.22 bits per heavy atom. The number of aryl methyl sites for hydroxylation is 1. The Morgan fingerprint density at radius 2 is 1.89 bits per heavy atom. The molecule has 0 spiro atoms. The number of rotatable bonds is 6. The number of nitrogens with zero attached hydrogens (tertiary/aromatic N) is 2. The summed E-state index contributed by atoms with van der Waals surface area (Å²) in [6, 6.07) is 13.3. The number of benzene rings is 2. The second kappa shape index (κ2) is 8.28. The summed E-state index contributed by atoms with van der Waals surface area (Å²) in [6.45, 7) is 1.72. The minimum Gasteiger partial charge on any atom is -0.484 e. The number of nitro benzene ring substituents is 1. The topological polar surface area (TPSA) is 94.4 Å². The van der Waals surface area contributed by atoms with Crippen LogP contribution in [0.4, 0.5) is 10.8 Å². The summed E-state index contributed by atoms with van der Waals surface area (Å²) in [4.78, 5) is 27.7. The number of thiazole rings is 1. The van der Waals surface area contributed by atoms with Gasteiger partial charge in [0, 0.05) is 27.0 Å². The molecule has 1 heterocycles. The SMILES string of the molecule is Cc1sc(NC(=O)COc2ccc([N+](=O)[O-])cc2)nc1-c1ccc(Br)cc1. The molecule has 0 aliphatic rings. The zero-order valence-corrected chi connectivity index (χ0v) is 16.5. The molecule has 0 unspecified atom stereocenters. The smallest absolute Gasteiger partial charge is 0.269 e. The number of hydrogen-bond donors (Lipinski definition) is 1. The largest absolute Gasteiger partial charge is 0.484 e. The van der Waals surface area contributed by atoms with Crippen LogP contribution in [0.25, 0.3) is 11.3 Å². The van der Waals surface area contributed by atoms with E-state index in [0.29, 0.717) is 10.9 Å². The molecule has 0 fully saturated rings. The third-order valence-corrected chi connectivity index (χ3v) is 4.99. The molecule has 1 aromatic heterocycles. The van der Waals surface area contributed by atoms with Crippen molar-refractivity contribution in [3.63, 3.8) is 0 Å². The van der Waals surface area contributed by atoms with Crippen LogP contribution in [0.15, 0.2) is 53.0 Å². The molecule has 0 saturated carbocycles. The average molecular weight is 448 g/mol. The molecule has 7 nitrogen and oxygen atoms in total. The number of carbonyl (C=O) groups is 1. The highest BCUT2D eigenvalue weighted by Gasteiger charge is 2.13. The van der Waals surface area contributed by atoms with Crippen LogP contribution in [0.1, 0.15) is 4.88 Å². The van der Waals surface area contributed by atoms with E-state index in [9.17, 15) is 14.9 Å². The quantitative estimate of drug-likeness (QED) is 0.432. The highest BCUT2D eigenvalue weighted by molar-refractivity contribution is 9.10. The van der Waals surface area contributed by atoms with Crippen molar-refractivity contribution >= 4 is 44.0 Å². The molecule has 138 valence electrons. The maximum atomic E-state index is 12.1. The van der Waals surface area contributed by atoms with Gasteiger partial charge >= 0.3 is 0 Å². The van der Waals surface area contributed by atoms with E-state index >= 15 is 0 Å². The first-order chi connectivity index (χ1) is 12.9. The number of nitrogens with one attached hydrogen (secondary N) is 1. The van der Waals surface area contributed by atoms with Crippen molar-refractivity contribution in [2.45, 2.75) is 6.92 Å². The molecule has 9 heteroatoms. The standard InChI is InChI=1S/C18H14BrN3O4S/c1-11-17(12-2-4-13(19)5-3-12)21-18(27-11)20-16(23)10-26-15-8-6-14(7-9-15)22(24)25/h2-9H,10H2,1H3,(H,20,21,23). The molecule has 27 heavy (non-hydrogen) atoms. The number of ether oxygens (including phenoxy) is 1. The second-order valence-electron chi connectivity index (χ2n) is 5.52. The maximum Gasteiger partial charge on any atom is 0.269 e. The highest BCUT2D eigenvalue weighted by Crippen LogP contribution is 2.31. The Labute approximate surface area is 167 Å². The number of hydrogen-bond acceptors (Lipinski definition) is 6. The summed E-state index contributed by atoms with van der Waals surface area (Å²) in [5.41, 5.74) is 1.75. The molecule has 0 atom stereocenters. The van der Waals surface area contributed by atoms with Crippen molar-refractivity contribution in [3.8, 4) is 17.0 Å². The predicted octanol–water partition coefficient (Wildman–Crippen LogP) is 4.81. The van der Waals surface area contributed by atoms with E-state index in [-0.39, 0.29) is 18.2 Å². The van der Waals surface area contributed by atoms with Gasteiger partial charge in [0.1, 0.15) is 5.75 Å². The summed E-state index contributed by atoms with van der Waals surface area (Å²) < 4.78 is 6.33. The van der Waals surface area contributed by atoms with Gasteiger partial charge in [-0.05, 0) is 31.2 Å². The first kappa shape index (κ1) is 19.0. The van der Waals surface area contributed by atoms with Gasteiger partial charge in [-0.15, -0.1) is 11.3 Å². The van der Waals surface area contributed by atoms with Crippen LogP contribution >= 0.6 is 27.3 Å². The summed E-state index contributed by atoms with van der Waals surface area (Å²) in [6.07, 6.45) is 0. The van der Waals surface area contributed by atoms with E-state index < -0.39 is 4.92 Å². The molecule has 0 aliphatic carbocycles. The normalized spacial score (nSPS) is 10.4. The lowest BCUT2D eigenvalue weighted by atomic mass is 10.1. The molecule has 0 bridgehead atoms. The Hall–Kier alpha value is -2.78. The molecule has 1 amide bonds. The van der Waals surface area contributed by atoms with Crippen LogP contribution in [0, 0.1) is 17.0 Å². The van der Waals surface area contributed by atoms with Gasteiger partial charge in [0.2, 0.25) is 0 Å². The van der Waals surface area contributed by atoms with Gasteiger partial charge in [0.15, 0.2) is 11.7 Å². The van der Waals surface area contributed by atoms with Crippen molar-refractivity contribution in [2.75, 3.05) is 11.9 Å². The minimum absolute atomic E-state index is 0.0365. The zero-order valence-electron chi connectivity index (χ0n) is 14.1. The lowest BCUT2D eigenvalue weighted by molar-refractivity contribution is -0.384. The van der Waals surface area contributed by atoms with E-state index in [1.807, 2.05) is 31.2 Å². The number of non-ortho nitro benzene ring substituents is 1. The fourth-order valence-corrected chi connectivity index (χ4v) is 3.41. The van der Waals surface area contributed by atoms with E-state index in [1.54, 1.807) is 0 Å². The molecule has 3 rings (SSSR count). The van der Waals surface area contributed by atoms with Crippen LogP contribution in [0.2, 0.25) is 0 Å². The molecule has 0 aliphatic heterocycles. The predicted molar refractivity (Wildman–Crippen MR) is 107 cm³/mol. The van der Waals surface area contributed by atoms with Gasteiger partial charge in [-0.3, -0.25) is 20.2 Å². The summed E-state index contributed by atoms with van der Waals surface area (Å²) in [5.74, 6) is 0.0195. The fraction of sp³-hybridized carbons (Fsp3) is 0.111. The summed E-state index contributed by atoms with van der Waals surface area (Å²) >= 11 is 4.78. The van der Waals surface area contributed by atoms with Gasteiger partial charge in [-0.25, -0.2) is 4.98 Å². The monoisotopic (exact) mass is 447 g/mol. The van der Waals surface area contributed by atoms with Crippen molar-refractivity contribution in [1.82, 2.24) is 4.98 Å². The first-order valence-corrected chi connectivity index (χ1v) is 9.44. The van der Waals surface area contributed by atoms with E-state index in [2.05, 4.69) is 26.2 Å². The molecule has 0 radical (unpaired) electrons. The van der Waals surface area contributed by atoms with E-state index in [4.69, 9.17) is 4.74 Å².